The Balaban J connectivity index is 1.85. The summed E-state index contributed by atoms with van der Waals surface area (Å²) in [5, 5.41) is 4.40. The number of fused-ring (bicyclic) bond motifs is 3. The number of esters is 2. The minimum absolute atomic E-state index is 0.0217. The van der Waals surface area contributed by atoms with Gasteiger partial charge in [-0.2, -0.15) is 5.10 Å². The summed E-state index contributed by atoms with van der Waals surface area (Å²) < 4.78 is 19.6. The van der Waals surface area contributed by atoms with Crippen LogP contribution in [0.3, 0.4) is 0 Å². The number of methoxy groups -OCH3 is 1. The monoisotopic (exact) mass is 521 g/mol. The molecule has 0 N–H and O–H groups in total. The molecule has 0 bridgehead atoms. The molecule has 1 aliphatic heterocycles. The highest BCUT2D eigenvalue weighted by Crippen LogP contribution is 2.45. The fourth-order valence-corrected chi connectivity index (χ4v) is 4.90. The van der Waals surface area contributed by atoms with E-state index in [1.54, 1.807) is 51.2 Å². The summed E-state index contributed by atoms with van der Waals surface area (Å²) in [5.41, 5.74) is 3.75. The van der Waals surface area contributed by atoms with E-state index in [2.05, 4.69) is 31.9 Å². The highest BCUT2D eigenvalue weighted by molar-refractivity contribution is 5.90. The molecule has 9 nitrogen and oxygen atoms in total. The maximum Gasteiger partial charge on any atom is 0.343 e. The van der Waals surface area contributed by atoms with Gasteiger partial charge in [0.05, 0.1) is 32.2 Å². The van der Waals surface area contributed by atoms with Crippen molar-refractivity contribution < 1.29 is 23.8 Å². The topological polar surface area (TPSA) is 102 Å². The van der Waals surface area contributed by atoms with Crippen LogP contribution >= 0.6 is 0 Å². The van der Waals surface area contributed by atoms with Gasteiger partial charge in [0.1, 0.15) is 17.4 Å². The van der Waals surface area contributed by atoms with Crippen LogP contribution < -0.4 is 10.2 Å². The molecule has 38 heavy (non-hydrogen) atoms. The third-order valence-electron chi connectivity index (χ3n) is 6.96. The first kappa shape index (κ1) is 27.2. The minimum Gasteiger partial charge on any atom is -0.496 e. The molecule has 3 aromatic rings. The van der Waals surface area contributed by atoms with Crippen molar-refractivity contribution in [2.75, 3.05) is 20.3 Å². The molecule has 1 aliphatic rings. The average molecular weight is 522 g/mol. The van der Waals surface area contributed by atoms with Gasteiger partial charge in [0, 0.05) is 41.2 Å². The highest BCUT2D eigenvalue weighted by Gasteiger charge is 2.34. The van der Waals surface area contributed by atoms with Crippen molar-refractivity contribution in [3.8, 4) is 28.1 Å². The molecule has 0 radical (unpaired) electrons. The van der Waals surface area contributed by atoms with Crippen LogP contribution in [0.5, 0.6) is 5.75 Å². The van der Waals surface area contributed by atoms with E-state index in [1.165, 1.54) is 6.07 Å². The Morgan fingerprint density at radius 2 is 1.79 bits per heavy atom. The van der Waals surface area contributed by atoms with Crippen LogP contribution in [0.25, 0.3) is 22.4 Å². The first-order valence-corrected chi connectivity index (χ1v) is 12.9. The first-order valence-electron chi connectivity index (χ1n) is 12.9. The van der Waals surface area contributed by atoms with Crippen LogP contribution in [0.4, 0.5) is 0 Å². The molecular formula is C29H35N3O6. The number of ether oxygens (including phenoxy) is 3. The lowest BCUT2D eigenvalue weighted by atomic mass is 9.78. The van der Waals surface area contributed by atoms with Gasteiger partial charge in [0.2, 0.25) is 0 Å². The number of rotatable bonds is 7. The molecule has 0 amide bonds. The van der Waals surface area contributed by atoms with E-state index in [4.69, 9.17) is 14.2 Å². The molecule has 0 spiro atoms. The Morgan fingerprint density at radius 3 is 2.42 bits per heavy atom. The van der Waals surface area contributed by atoms with Gasteiger partial charge in [-0.15, -0.1) is 0 Å². The quantitative estimate of drug-likeness (QED) is 0.410. The lowest BCUT2D eigenvalue weighted by Gasteiger charge is -2.39. The lowest BCUT2D eigenvalue weighted by molar-refractivity contribution is -0.146. The van der Waals surface area contributed by atoms with E-state index in [0.717, 1.165) is 27.9 Å². The van der Waals surface area contributed by atoms with Crippen LogP contribution in [0.15, 0.2) is 41.6 Å². The van der Waals surface area contributed by atoms with Gasteiger partial charge in [-0.1, -0.05) is 20.8 Å². The predicted octanol–water partition coefficient (Wildman–Crippen LogP) is 4.83. The van der Waals surface area contributed by atoms with Crippen molar-refractivity contribution in [3.05, 3.63) is 58.1 Å². The molecular weight excluding hydrogens is 486 g/mol. The first-order chi connectivity index (χ1) is 18.0. The Morgan fingerprint density at radius 1 is 1.08 bits per heavy atom. The SMILES string of the molecule is CCOC(=O)c1cn2c(cc1=O)-c1cc(OC)c(-c3cnn(C(C)C(=O)OCC)c3)cc1CC2C(C)(C)C. The van der Waals surface area contributed by atoms with Gasteiger partial charge in [0.25, 0.3) is 0 Å². The van der Waals surface area contributed by atoms with Crippen molar-refractivity contribution in [3.63, 3.8) is 0 Å². The Hall–Kier alpha value is -3.88. The highest BCUT2D eigenvalue weighted by atomic mass is 16.5. The number of benzene rings is 1. The zero-order valence-corrected chi connectivity index (χ0v) is 23.0. The van der Waals surface area contributed by atoms with Crippen molar-refractivity contribution in [1.29, 1.82) is 0 Å². The van der Waals surface area contributed by atoms with E-state index in [1.807, 2.05) is 10.6 Å². The van der Waals surface area contributed by atoms with E-state index in [-0.39, 0.29) is 35.0 Å². The maximum atomic E-state index is 13.0. The van der Waals surface area contributed by atoms with Gasteiger partial charge >= 0.3 is 11.9 Å². The molecule has 9 heteroatoms. The van der Waals surface area contributed by atoms with Gasteiger partial charge in [-0.3, -0.25) is 9.48 Å². The molecule has 202 valence electrons. The van der Waals surface area contributed by atoms with Crippen molar-refractivity contribution in [2.45, 2.75) is 60.0 Å². The van der Waals surface area contributed by atoms with Crippen LogP contribution in [0.1, 0.15) is 69.5 Å². The molecule has 3 heterocycles. The summed E-state index contributed by atoms with van der Waals surface area (Å²) in [6, 6.07) is 4.92. The Bertz CT molecular complexity index is 1430. The third-order valence-corrected chi connectivity index (χ3v) is 6.96. The van der Waals surface area contributed by atoms with Crippen molar-refractivity contribution >= 4 is 11.9 Å². The summed E-state index contributed by atoms with van der Waals surface area (Å²) in [6.45, 7) is 12.1. The second kappa shape index (κ2) is 10.5. The molecule has 2 unspecified atom stereocenters. The second-order valence-electron chi connectivity index (χ2n) is 10.5. The summed E-state index contributed by atoms with van der Waals surface area (Å²) >= 11 is 0. The number of nitrogens with zero attached hydrogens (tertiary/aromatic N) is 3. The Labute approximate surface area is 222 Å². The van der Waals surface area contributed by atoms with Gasteiger partial charge in [-0.05, 0) is 50.3 Å². The molecule has 0 fully saturated rings. The molecule has 1 aromatic carbocycles. The number of carbonyl (C=O) groups is 2. The largest absolute Gasteiger partial charge is 0.496 e. The van der Waals surface area contributed by atoms with Gasteiger partial charge < -0.3 is 18.8 Å². The number of hydrogen-bond acceptors (Lipinski definition) is 7. The average Bonchev–Trinajstić information content (AvgIpc) is 3.36. The van der Waals surface area contributed by atoms with E-state index in [9.17, 15) is 14.4 Å². The van der Waals surface area contributed by atoms with Gasteiger partial charge in [0.15, 0.2) is 5.43 Å². The van der Waals surface area contributed by atoms with Crippen LogP contribution in [0.2, 0.25) is 0 Å². The molecule has 0 saturated carbocycles. The molecule has 0 aliphatic carbocycles. The molecule has 4 rings (SSSR count). The minimum atomic E-state index is -0.617. The van der Waals surface area contributed by atoms with E-state index >= 15 is 0 Å². The fourth-order valence-electron chi connectivity index (χ4n) is 4.90. The Kier molecular flexibility index (Phi) is 7.49. The van der Waals surface area contributed by atoms with Crippen LogP contribution in [0, 0.1) is 5.41 Å². The summed E-state index contributed by atoms with van der Waals surface area (Å²) in [4.78, 5) is 37.7. The van der Waals surface area contributed by atoms with E-state index in [0.29, 0.717) is 18.8 Å². The normalized spacial score (nSPS) is 15.3. The summed E-state index contributed by atoms with van der Waals surface area (Å²) in [5.74, 6) is -0.361. The van der Waals surface area contributed by atoms with Crippen molar-refractivity contribution in [2.24, 2.45) is 5.41 Å². The van der Waals surface area contributed by atoms with Gasteiger partial charge in [-0.25, -0.2) is 9.59 Å². The zero-order chi connectivity index (χ0) is 27.8. The smallest absolute Gasteiger partial charge is 0.343 e. The number of hydrogen-bond donors (Lipinski definition) is 0. The molecule has 0 saturated heterocycles. The van der Waals surface area contributed by atoms with Crippen molar-refractivity contribution in [1.82, 2.24) is 14.3 Å². The standard InChI is InChI=1S/C29H35N3O6/c1-8-37-27(34)17(3)32-15-19(14-30-32)21-10-18-11-26(29(4,5)6)31-16-22(28(35)38-9-2)24(33)13-23(31)20(18)12-25(21)36-7/h10,12-17,26H,8-9,11H2,1-7H3. The summed E-state index contributed by atoms with van der Waals surface area (Å²) in [7, 11) is 1.59. The maximum absolute atomic E-state index is 13.0. The second-order valence-corrected chi connectivity index (χ2v) is 10.5. The molecule has 2 atom stereocenters. The fraction of sp³-hybridized carbons (Fsp3) is 0.448. The van der Waals surface area contributed by atoms with Crippen LogP contribution in [-0.2, 0) is 20.7 Å². The number of pyridine rings is 1. The van der Waals surface area contributed by atoms with Crippen LogP contribution in [-0.4, -0.2) is 46.6 Å². The summed E-state index contributed by atoms with van der Waals surface area (Å²) in [6.07, 6.45) is 5.82. The number of aromatic nitrogens is 3. The third kappa shape index (κ3) is 4.97. The molecule has 2 aromatic heterocycles. The lowest BCUT2D eigenvalue weighted by Crippen LogP contribution is -2.33. The predicted molar refractivity (Wildman–Crippen MR) is 143 cm³/mol. The van der Waals surface area contributed by atoms with E-state index < -0.39 is 12.0 Å². The number of carbonyl (C=O) groups excluding carboxylic acids is 2. The zero-order valence-electron chi connectivity index (χ0n) is 23.0.